The molecule has 3 rings (SSSR count). The highest BCUT2D eigenvalue weighted by molar-refractivity contribution is 5.85. The maximum absolute atomic E-state index is 14.6. The molecule has 0 radical (unpaired) electrons. The van der Waals surface area contributed by atoms with Gasteiger partial charge in [-0.3, -0.25) is 4.90 Å². The van der Waals surface area contributed by atoms with E-state index in [1.165, 1.54) is 26.4 Å². The third-order valence-electron chi connectivity index (χ3n) is 4.67. The van der Waals surface area contributed by atoms with Crippen molar-refractivity contribution in [2.45, 2.75) is 25.3 Å². The van der Waals surface area contributed by atoms with E-state index in [9.17, 15) is 4.39 Å². The van der Waals surface area contributed by atoms with E-state index in [2.05, 4.69) is 10.2 Å². The fourth-order valence-corrected chi connectivity index (χ4v) is 3.38. The number of piperazine rings is 1. The van der Waals surface area contributed by atoms with Crippen LogP contribution >= 0.6 is 12.4 Å². The zero-order valence-corrected chi connectivity index (χ0v) is 13.3. The number of ether oxygens (including phenoxy) is 1. The number of nitrogens with one attached hydrogen (secondary N) is 1. The minimum Gasteiger partial charge on any atom is -0.494 e. The van der Waals surface area contributed by atoms with Crippen molar-refractivity contribution in [1.82, 2.24) is 10.2 Å². The predicted molar refractivity (Wildman–Crippen MR) is 84.7 cm³/mol. The van der Waals surface area contributed by atoms with Crippen LogP contribution in [0.25, 0.3) is 0 Å². The summed E-state index contributed by atoms with van der Waals surface area (Å²) in [6.07, 6.45) is 3.70. The van der Waals surface area contributed by atoms with Crippen molar-refractivity contribution in [2.75, 3.05) is 33.3 Å². The fraction of sp³-hybridized carbons (Fsp3) is 0.625. The molecule has 3 nitrogen and oxygen atoms in total. The first kappa shape index (κ1) is 16.5. The van der Waals surface area contributed by atoms with Gasteiger partial charge in [0.25, 0.3) is 0 Å². The number of nitrogens with zero attached hydrogens (tertiary/aromatic N) is 1. The highest BCUT2D eigenvalue weighted by Gasteiger charge is 2.35. The summed E-state index contributed by atoms with van der Waals surface area (Å²) in [6.45, 7) is 3.99. The highest BCUT2D eigenvalue weighted by atomic mass is 35.5. The molecule has 1 N–H and O–H groups in total. The second-order valence-electron chi connectivity index (χ2n) is 5.79. The van der Waals surface area contributed by atoms with E-state index in [0.717, 1.165) is 31.7 Å². The summed E-state index contributed by atoms with van der Waals surface area (Å²) < 4.78 is 19.8. The Bertz CT molecular complexity index is 462. The van der Waals surface area contributed by atoms with E-state index < -0.39 is 0 Å². The first-order valence-corrected chi connectivity index (χ1v) is 7.58. The Labute approximate surface area is 132 Å². The van der Waals surface area contributed by atoms with E-state index >= 15 is 0 Å². The average Bonchev–Trinajstić information content (AvgIpc) is 2.44. The highest BCUT2D eigenvalue weighted by Crippen LogP contribution is 2.43. The van der Waals surface area contributed by atoms with Gasteiger partial charge in [-0.05, 0) is 24.8 Å². The van der Waals surface area contributed by atoms with Gasteiger partial charge in [-0.25, -0.2) is 4.39 Å². The maximum Gasteiger partial charge on any atom is 0.169 e. The van der Waals surface area contributed by atoms with Crippen LogP contribution in [-0.2, 0) is 0 Å². The van der Waals surface area contributed by atoms with Crippen LogP contribution in [0.5, 0.6) is 5.75 Å². The zero-order chi connectivity index (χ0) is 13.9. The summed E-state index contributed by atoms with van der Waals surface area (Å²) in [5.41, 5.74) is 0.816. The fourth-order valence-electron chi connectivity index (χ4n) is 3.38. The Kier molecular flexibility index (Phi) is 5.85. The lowest BCUT2D eigenvalue weighted by molar-refractivity contribution is 0.0808. The Hall–Kier alpha value is -0.840. The zero-order valence-electron chi connectivity index (χ0n) is 12.5. The minimum absolute atomic E-state index is 0. The lowest BCUT2D eigenvalue weighted by atomic mass is 9.76. The first-order chi connectivity index (χ1) is 9.81. The van der Waals surface area contributed by atoms with Crippen LogP contribution in [0.15, 0.2) is 18.2 Å². The topological polar surface area (TPSA) is 24.5 Å². The molecule has 0 amide bonds. The quantitative estimate of drug-likeness (QED) is 0.924. The lowest BCUT2D eigenvalue weighted by Gasteiger charge is -2.43. The van der Waals surface area contributed by atoms with Gasteiger partial charge in [0.1, 0.15) is 0 Å². The standard InChI is InChI=1S/C16H23FN2O.ClH/c1-20-14-7-3-6-13(15(14)17)16(12-4-2-5-12)19-10-8-18-9-11-19;/h3,6-7,12,16,18H,2,4-5,8-11H2,1H3;1H/t16-;/m1./s1. The molecule has 1 heterocycles. The number of methoxy groups -OCH3 is 1. The van der Waals surface area contributed by atoms with Gasteiger partial charge in [0, 0.05) is 37.8 Å². The Morgan fingerprint density at radius 3 is 2.57 bits per heavy atom. The largest absolute Gasteiger partial charge is 0.494 e. The molecule has 2 fully saturated rings. The second kappa shape index (κ2) is 7.43. The molecule has 0 spiro atoms. The molecule has 1 aromatic carbocycles. The Morgan fingerprint density at radius 2 is 2.00 bits per heavy atom. The van der Waals surface area contributed by atoms with Crippen LogP contribution in [0.4, 0.5) is 4.39 Å². The number of hydrogen-bond donors (Lipinski definition) is 1. The molecule has 2 aliphatic rings. The molecule has 1 aliphatic carbocycles. The molecule has 118 valence electrons. The molecule has 21 heavy (non-hydrogen) atoms. The molecule has 0 aromatic heterocycles. The summed E-state index contributed by atoms with van der Waals surface area (Å²) >= 11 is 0. The SMILES string of the molecule is COc1cccc([C@@H](C2CCC2)N2CCNCC2)c1F.Cl. The Morgan fingerprint density at radius 1 is 1.29 bits per heavy atom. The van der Waals surface area contributed by atoms with Crippen LogP contribution in [0.3, 0.4) is 0 Å². The van der Waals surface area contributed by atoms with Crippen molar-refractivity contribution in [2.24, 2.45) is 5.92 Å². The van der Waals surface area contributed by atoms with Gasteiger partial charge in [-0.1, -0.05) is 18.6 Å². The van der Waals surface area contributed by atoms with Gasteiger partial charge >= 0.3 is 0 Å². The smallest absolute Gasteiger partial charge is 0.169 e. The van der Waals surface area contributed by atoms with E-state index in [-0.39, 0.29) is 24.3 Å². The molecule has 1 atom stereocenters. The van der Waals surface area contributed by atoms with Crippen molar-refractivity contribution in [3.8, 4) is 5.75 Å². The van der Waals surface area contributed by atoms with Crippen molar-refractivity contribution >= 4 is 12.4 Å². The van der Waals surface area contributed by atoms with Crippen LogP contribution in [-0.4, -0.2) is 38.2 Å². The van der Waals surface area contributed by atoms with Crippen molar-refractivity contribution in [1.29, 1.82) is 0 Å². The third-order valence-corrected chi connectivity index (χ3v) is 4.67. The van der Waals surface area contributed by atoms with Crippen LogP contribution in [0.2, 0.25) is 0 Å². The number of halogens is 2. The number of rotatable bonds is 4. The van der Waals surface area contributed by atoms with Gasteiger partial charge in [0.05, 0.1) is 7.11 Å². The maximum atomic E-state index is 14.6. The molecule has 1 aromatic rings. The summed E-state index contributed by atoms with van der Waals surface area (Å²) in [7, 11) is 1.53. The number of hydrogen-bond acceptors (Lipinski definition) is 3. The van der Waals surface area contributed by atoms with Gasteiger partial charge in [-0.15, -0.1) is 12.4 Å². The van der Waals surface area contributed by atoms with Gasteiger partial charge in [0.2, 0.25) is 0 Å². The summed E-state index contributed by atoms with van der Waals surface area (Å²) in [5, 5.41) is 3.37. The van der Waals surface area contributed by atoms with Crippen LogP contribution in [0.1, 0.15) is 30.9 Å². The molecule has 1 aliphatic heterocycles. The van der Waals surface area contributed by atoms with Gasteiger partial charge in [0.15, 0.2) is 11.6 Å². The average molecular weight is 315 g/mol. The summed E-state index contributed by atoms with van der Waals surface area (Å²) in [5.74, 6) is 0.780. The number of benzene rings is 1. The monoisotopic (exact) mass is 314 g/mol. The van der Waals surface area contributed by atoms with E-state index in [4.69, 9.17) is 4.74 Å². The molecular formula is C16H24ClFN2O. The predicted octanol–water partition coefficient (Wildman–Crippen LogP) is 3.00. The molecule has 0 unspecified atom stereocenters. The molecular weight excluding hydrogens is 291 g/mol. The summed E-state index contributed by atoms with van der Waals surface area (Å²) in [4.78, 5) is 2.44. The first-order valence-electron chi connectivity index (χ1n) is 7.58. The van der Waals surface area contributed by atoms with E-state index in [1.54, 1.807) is 6.07 Å². The Balaban J connectivity index is 0.00000161. The minimum atomic E-state index is -0.176. The second-order valence-corrected chi connectivity index (χ2v) is 5.79. The van der Waals surface area contributed by atoms with E-state index in [0.29, 0.717) is 11.7 Å². The van der Waals surface area contributed by atoms with Crippen LogP contribution in [0, 0.1) is 11.7 Å². The van der Waals surface area contributed by atoms with Crippen molar-refractivity contribution in [3.05, 3.63) is 29.6 Å². The van der Waals surface area contributed by atoms with Gasteiger partial charge < -0.3 is 10.1 Å². The van der Waals surface area contributed by atoms with Crippen molar-refractivity contribution in [3.63, 3.8) is 0 Å². The van der Waals surface area contributed by atoms with Crippen LogP contribution < -0.4 is 10.1 Å². The molecule has 1 saturated carbocycles. The van der Waals surface area contributed by atoms with Gasteiger partial charge in [-0.2, -0.15) is 0 Å². The van der Waals surface area contributed by atoms with Crippen molar-refractivity contribution < 1.29 is 9.13 Å². The molecule has 1 saturated heterocycles. The molecule has 0 bridgehead atoms. The lowest BCUT2D eigenvalue weighted by Crippen LogP contribution is -2.48. The normalized spacial score (nSPS) is 21.2. The molecule has 5 heteroatoms. The van der Waals surface area contributed by atoms with E-state index in [1.807, 2.05) is 12.1 Å². The third kappa shape index (κ3) is 3.33. The summed E-state index contributed by atoms with van der Waals surface area (Å²) in [6, 6.07) is 5.75.